The molecule has 152 valence electrons. The second kappa shape index (κ2) is 8.63. The highest BCUT2D eigenvalue weighted by atomic mass is 19.3. The lowest BCUT2D eigenvalue weighted by atomic mass is 10.2. The number of amides is 1. The van der Waals surface area contributed by atoms with Crippen LogP contribution in [0, 0.1) is 18.6 Å². The SMILES string of the molecule is Cc1ccc(NC(=O)c2ccn(COc3ccc(F)cc3F)n2)c(OC(F)F)c1. The van der Waals surface area contributed by atoms with Crippen LogP contribution in [0.15, 0.2) is 48.7 Å². The van der Waals surface area contributed by atoms with Crippen molar-refractivity contribution in [2.75, 3.05) is 5.32 Å². The molecule has 0 aliphatic carbocycles. The van der Waals surface area contributed by atoms with E-state index in [9.17, 15) is 22.4 Å². The van der Waals surface area contributed by atoms with E-state index >= 15 is 0 Å². The van der Waals surface area contributed by atoms with Gasteiger partial charge < -0.3 is 14.8 Å². The molecule has 0 saturated heterocycles. The van der Waals surface area contributed by atoms with Gasteiger partial charge in [0.05, 0.1) is 5.69 Å². The average molecular weight is 409 g/mol. The van der Waals surface area contributed by atoms with Gasteiger partial charge in [0.1, 0.15) is 11.6 Å². The Morgan fingerprint density at radius 3 is 2.66 bits per heavy atom. The number of rotatable bonds is 7. The molecule has 10 heteroatoms. The van der Waals surface area contributed by atoms with E-state index in [0.717, 1.165) is 12.1 Å². The summed E-state index contributed by atoms with van der Waals surface area (Å²) in [5.74, 6) is -2.64. The van der Waals surface area contributed by atoms with Crippen molar-refractivity contribution in [1.29, 1.82) is 0 Å². The molecule has 0 aliphatic heterocycles. The van der Waals surface area contributed by atoms with Crippen LogP contribution in [0.25, 0.3) is 0 Å². The van der Waals surface area contributed by atoms with Crippen LogP contribution >= 0.6 is 0 Å². The van der Waals surface area contributed by atoms with Crippen LogP contribution in [0.2, 0.25) is 0 Å². The molecule has 0 radical (unpaired) electrons. The van der Waals surface area contributed by atoms with Gasteiger partial charge in [0, 0.05) is 12.3 Å². The van der Waals surface area contributed by atoms with E-state index in [2.05, 4.69) is 15.2 Å². The number of nitrogens with zero attached hydrogens (tertiary/aromatic N) is 2. The summed E-state index contributed by atoms with van der Waals surface area (Å²) in [5.41, 5.74) is 0.699. The molecule has 2 aromatic carbocycles. The summed E-state index contributed by atoms with van der Waals surface area (Å²) in [7, 11) is 0. The molecule has 1 amide bonds. The third-order valence-electron chi connectivity index (χ3n) is 3.72. The minimum atomic E-state index is -3.05. The number of anilines is 1. The number of halogens is 4. The lowest BCUT2D eigenvalue weighted by Crippen LogP contribution is -2.16. The van der Waals surface area contributed by atoms with Gasteiger partial charge in [-0.05, 0) is 42.8 Å². The summed E-state index contributed by atoms with van der Waals surface area (Å²) < 4.78 is 62.4. The minimum Gasteiger partial charge on any atom is -0.468 e. The zero-order valence-corrected chi connectivity index (χ0v) is 15.0. The monoisotopic (exact) mass is 409 g/mol. The van der Waals surface area contributed by atoms with Gasteiger partial charge in [-0.1, -0.05) is 6.07 Å². The molecule has 0 spiro atoms. The van der Waals surface area contributed by atoms with Gasteiger partial charge in [0.25, 0.3) is 5.91 Å². The van der Waals surface area contributed by atoms with Crippen molar-refractivity contribution in [2.45, 2.75) is 20.3 Å². The van der Waals surface area contributed by atoms with E-state index in [1.165, 1.54) is 29.1 Å². The van der Waals surface area contributed by atoms with E-state index in [1.54, 1.807) is 13.0 Å². The lowest BCUT2D eigenvalue weighted by Gasteiger charge is -2.12. The fraction of sp³-hybridized carbons (Fsp3) is 0.158. The van der Waals surface area contributed by atoms with E-state index in [0.29, 0.717) is 11.6 Å². The Hall–Kier alpha value is -3.56. The Morgan fingerprint density at radius 1 is 1.14 bits per heavy atom. The maximum Gasteiger partial charge on any atom is 0.387 e. The first-order valence-electron chi connectivity index (χ1n) is 8.30. The number of carbonyl (C=O) groups excluding carboxylic acids is 1. The van der Waals surface area contributed by atoms with Crippen molar-refractivity contribution >= 4 is 11.6 Å². The molecule has 29 heavy (non-hydrogen) atoms. The van der Waals surface area contributed by atoms with Crippen molar-refractivity contribution in [1.82, 2.24) is 9.78 Å². The Labute approximate surface area is 162 Å². The minimum absolute atomic E-state index is 0.0308. The highest BCUT2D eigenvalue weighted by Crippen LogP contribution is 2.27. The van der Waals surface area contributed by atoms with Gasteiger partial charge in [-0.3, -0.25) is 4.79 Å². The summed E-state index contributed by atoms with van der Waals surface area (Å²) in [6.07, 6.45) is 1.40. The highest BCUT2D eigenvalue weighted by Gasteiger charge is 2.15. The second-order valence-electron chi connectivity index (χ2n) is 5.92. The number of aromatic nitrogens is 2. The van der Waals surface area contributed by atoms with Gasteiger partial charge in [0.15, 0.2) is 24.0 Å². The first-order chi connectivity index (χ1) is 13.8. The van der Waals surface area contributed by atoms with Gasteiger partial charge in [-0.2, -0.15) is 13.9 Å². The fourth-order valence-corrected chi connectivity index (χ4v) is 2.40. The highest BCUT2D eigenvalue weighted by molar-refractivity contribution is 6.03. The molecular formula is C19H15F4N3O3. The topological polar surface area (TPSA) is 65.4 Å². The quantitative estimate of drug-likeness (QED) is 0.589. The van der Waals surface area contributed by atoms with Gasteiger partial charge in [-0.25, -0.2) is 13.5 Å². The molecule has 0 saturated carbocycles. The Morgan fingerprint density at radius 2 is 1.93 bits per heavy atom. The predicted molar refractivity (Wildman–Crippen MR) is 95.0 cm³/mol. The number of ether oxygens (including phenoxy) is 2. The van der Waals surface area contributed by atoms with Gasteiger partial charge in [-0.15, -0.1) is 0 Å². The van der Waals surface area contributed by atoms with E-state index in [4.69, 9.17) is 4.74 Å². The van der Waals surface area contributed by atoms with Crippen LogP contribution in [0.5, 0.6) is 11.5 Å². The number of alkyl halides is 2. The molecule has 1 N–H and O–H groups in total. The maximum absolute atomic E-state index is 13.6. The Balaban J connectivity index is 1.66. The van der Waals surface area contributed by atoms with E-state index in [1.807, 2.05) is 0 Å². The molecule has 6 nitrogen and oxygen atoms in total. The largest absolute Gasteiger partial charge is 0.468 e. The van der Waals surface area contributed by atoms with Crippen LogP contribution in [0.3, 0.4) is 0 Å². The summed E-state index contributed by atoms with van der Waals surface area (Å²) in [6, 6.07) is 8.63. The molecule has 0 fully saturated rings. The fourth-order valence-electron chi connectivity index (χ4n) is 2.40. The molecule has 0 aliphatic rings. The van der Waals surface area contributed by atoms with Gasteiger partial charge in [0.2, 0.25) is 0 Å². The van der Waals surface area contributed by atoms with Crippen molar-refractivity contribution in [3.8, 4) is 11.5 Å². The molecule has 1 aromatic heterocycles. The molecular weight excluding hydrogens is 394 g/mol. The van der Waals surface area contributed by atoms with E-state index in [-0.39, 0.29) is 29.6 Å². The number of nitrogens with one attached hydrogen (secondary N) is 1. The predicted octanol–water partition coefficient (Wildman–Crippen LogP) is 4.36. The summed E-state index contributed by atoms with van der Waals surface area (Å²) >= 11 is 0. The second-order valence-corrected chi connectivity index (χ2v) is 5.92. The summed E-state index contributed by atoms with van der Waals surface area (Å²) in [5, 5.41) is 6.42. The molecule has 1 heterocycles. The lowest BCUT2D eigenvalue weighted by molar-refractivity contribution is -0.0494. The van der Waals surface area contributed by atoms with Crippen molar-refractivity contribution in [3.63, 3.8) is 0 Å². The van der Waals surface area contributed by atoms with E-state index < -0.39 is 24.2 Å². The zero-order valence-electron chi connectivity index (χ0n) is 15.0. The van der Waals surface area contributed by atoms with Crippen molar-refractivity contribution in [3.05, 3.63) is 71.6 Å². The number of benzene rings is 2. The van der Waals surface area contributed by atoms with Crippen LogP contribution in [0.4, 0.5) is 23.2 Å². The summed E-state index contributed by atoms with van der Waals surface area (Å²) in [4.78, 5) is 12.3. The molecule has 3 rings (SSSR count). The standard InChI is InChI=1S/C19H15F4N3O3/c1-11-2-4-14(17(8-11)29-19(22)23)24-18(27)15-6-7-26(25-15)10-28-16-5-3-12(20)9-13(16)21/h2-9,19H,10H2,1H3,(H,24,27). The Bertz CT molecular complexity index is 1020. The molecule has 0 atom stereocenters. The number of aryl methyl sites for hydroxylation is 1. The number of hydrogen-bond donors (Lipinski definition) is 1. The smallest absolute Gasteiger partial charge is 0.387 e. The zero-order chi connectivity index (χ0) is 21.0. The normalized spacial score (nSPS) is 10.8. The first kappa shape index (κ1) is 20.2. The molecule has 3 aromatic rings. The van der Waals surface area contributed by atoms with Crippen LogP contribution in [-0.4, -0.2) is 22.3 Å². The van der Waals surface area contributed by atoms with Crippen LogP contribution < -0.4 is 14.8 Å². The number of hydrogen-bond acceptors (Lipinski definition) is 4. The third kappa shape index (κ3) is 5.24. The third-order valence-corrected chi connectivity index (χ3v) is 3.72. The van der Waals surface area contributed by atoms with Crippen LogP contribution in [0.1, 0.15) is 16.1 Å². The Kier molecular flexibility index (Phi) is 6.01. The van der Waals surface area contributed by atoms with Crippen LogP contribution in [-0.2, 0) is 6.73 Å². The average Bonchev–Trinajstić information content (AvgIpc) is 3.12. The molecule has 0 bridgehead atoms. The van der Waals surface area contributed by atoms with Gasteiger partial charge >= 0.3 is 6.61 Å². The maximum atomic E-state index is 13.6. The van der Waals surface area contributed by atoms with Crippen molar-refractivity contribution < 1.29 is 31.8 Å². The number of carbonyl (C=O) groups is 1. The molecule has 0 unspecified atom stereocenters. The summed E-state index contributed by atoms with van der Waals surface area (Å²) in [6.45, 7) is -1.59. The first-order valence-corrected chi connectivity index (χ1v) is 8.30. The van der Waals surface area contributed by atoms with Crippen molar-refractivity contribution in [2.24, 2.45) is 0 Å².